The van der Waals surface area contributed by atoms with Gasteiger partial charge in [0.15, 0.2) is 0 Å². The summed E-state index contributed by atoms with van der Waals surface area (Å²) in [6.45, 7) is 2.88. The third-order valence-corrected chi connectivity index (χ3v) is 7.45. The molecule has 1 fully saturated rings. The first-order chi connectivity index (χ1) is 16.0. The Labute approximate surface area is 196 Å². The van der Waals surface area contributed by atoms with Crippen LogP contribution in [0, 0.1) is 0 Å². The minimum absolute atomic E-state index is 0.259. The van der Waals surface area contributed by atoms with Gasteiger partial charge in [0.1, 0.15) is 5.75 Å². The quantitative estimate of drug-likeness (QED) is 0.493. The van der Waals surface area contributed by atoms with Gasteiger partial charge in [0.05, 0.1) is 12.0 Å². The van der Waals surface area contributed by atoms with Gasteiger partial charge in [-0.1, -0.05) is 36.4 Å². The molecule has 0 radical (unpaired) electrons. The predicted molar refractivity (Wildman–Crippen MR) is 134 cm³/mol. The van der Waals surface area contributed by atoms with Crippen LogP contribution in [0.15, 0.2) is 83.8 Å². The lowest BCUT2D eigenvalue weighted by Gasteiger charge is -2.34. The van der Waals surface area contributed by atoms with E-state index < -0.39 is 10.0 Å². The number of hydrogen-bond donors (Lipinski definition) is 2. The zero-order valence-electron chi connectivity index (χ0n) is 18.9. The van der Waals surface area contributed by atoms with Gasteiger partial charge in [0, 0.05) is 30.5 Å². The van der Waals surface area contributed by atoms with E-state index in [1.54, 1.807) is 37.4 Å². The lowest BCUT2D eigenvalue weighted by Crippen LogP contribution is -2.43. The van der Waals surface area contributed by atoms with Gasteiger partial charge < -0.3 is 15.0 Å². The molecule has 0 unspecified atom stereocenters. The zero-order valence-corrected chi connectivity index (χ0v) is 19.7. The first kappa shape index (κ1) is 23.1. The Morgan fingerprint density at radius 3 is 2.27 bits per heavy atom. The van der Waals surface area contributed by atoms with E-state index in [1.165, 1.54) is 5.56 Å². The Morgan fingerprint density at radius 1 is 0.909 bits per heavy atom. The summed E-state index contributed by atoms with van der Waals surface area (Å²) in [7, 11) is -1.86. The molecule has 174 valence electrons. The molecule has 0 spiro atoms. The van der Waals surface area contributed by atoms with E-state index in [0.717, 1.165) is 50.3 Å². The topological polar surface area (TPSA) is 70.7 Å². The SMILES string of the molecule is COc1ccccc1CCNC1CCN(c2ccc(NS(=O)(=O)c3ccccc3)cc2)CC1. The van der Waals surface area contributed by atoms with Gasteiger partial charge in [-0.15, -0.1) is 0 Å². The fourth-order valence-corrected chi connectivity index (χ4v) is 5.30. The molecule has 4 rings (SSSR count). The van der Waals surface area contributed by atoms with Crippen LogP contribution in [-0.2, 0) is 16.4 Å². The van der Waals surface area contributed by atoms with Crippen molar-refractivity contribution in [2.24, 2.45) is 0 Å². The summed E-state index contributed by atoms with van der Waals surface area (Å²) in [6.07, 6.45) is 3.10. The van der Waals surface area contributed by atoms with Crippen LogP contribution < -0.4 is 19.7 Å². The van der Waals surface area contributed by atoms with Crippen LogP contribution in [0.3, 0.4) is 0 Å². The zero-order chi connectivity index (χ0) is 23.1. The molecule has 6 nitrogen and oxygen atoms in total. The first-order valence-corrected chi connectivity index (χ1v) is 12.8. The number of methoxy groups -OCH3 is 1. The summed E-state index contributed by atoms with van der Waals surface area (Å²) in [5.41, 5.74) is 2.91. The number of nitrogens with zero attached hydrogens (tertiary/aromatic N) is 1. The molecule has 2 N–H and O–H groups in total. The van der Waals surface area contributed by atoms with Gasteiger partial charge in [0.2, 0.25) is 0 Å². The number of benzene rings is 3. The van der Waals surface area contributed by atoms with Crippen LogP contribution in [0.25, 0.3) is 0 Å². The summed E-state index contributed by atoms with van der Waals surface area (Å²) >= 11 is 0. The third kappa shape index (κ3) is 6.06. The molecule has 1 aliphatic rings. The van der Waals surface area contributed by atoms with Crippen molar-refractivity contribution in [2.75, 3.05) is 36.4 Å². The molecule has 7 heteroatoms. The fraction of sp³-hybridized carbons (Fsp3) is 0.308. The maximum atomic E-state index is 12.5. The summed E-state index contributed by atoms with van der Waals surface area (Å²) < 4.78 is 33.1. The van der Waals surface area contributed by atoms with E-state index in [2.05, 4.69) is 21.0 Å². The fourth-order valence-electron chi connectivity index (χ4n) is 4.22. The largest absolute Gasteiger partial charge is 0.496 e. The normalized spacial score (nSPS) is 14.8. The second-order valence-corrected chi connectivity index (χ2v) is 9.93. The highest BCUT2D eigenvalue weighted by Crippen LogP contribution is 2.24. The molecular weight excluding hydrogens is 434 g/mol. The Balaban J connectivity index is 1.25. The van der Waals surface area contributed by atoms with Crippen molar-refractivity contribution in [1.29, 1.82) is 0 Å². The number of ether oxygens (including phenoxy) is 1. The van der Waals surface area contributed by atoms with Crippen LogP contribution in [0.2, 0.25) is 0 Å². The molecule has 0 amide bonds. The molecule has 0 aromatic heterocycles. The van der Waals surface area contributed by atoms with Crippen LogP contribution in [-0.4, -0.2) is 41.2 Å². The second-order valence-electron chi connectivity index (χ2n) is 8.24. The minimum atomic E-state index is -3.57. The molecule has 0 saturated carbocycles. The minimum Gasteiger partial charge on any atom is -0.496 e. The van der Waals surface area contributed by atoms with Crippen molar-refractivity contribution in [1.82, 2.24) is 5.32 Å². The Kier molecular flexibility index (Phi) is 7.52. The number of para-hydroxylation sites is 1. The van der Waals surface area contributed by atoms with Gasteiger partial charge >= 0.3 is 0 Å². The Bertz CT molecular complexity index is 1130. The number of hydrogen-bond acceptors (Lipinski definition) is 5. The van der Waals surface area contributed by atoms with Crippen molar-refractivity contribution < 1.29 is 13.2 Å². The summed E-state index contributed by atoms with van der Waals surface area (Å²) in [6, 6.07) is 24.7. The second kappa shape index (κ2) is 10.7. The highest BCUT2D eigenvalue weighted by Gasteiger charge is 2.19. The molecular formula is C26H31N3O3S. The van der Waals surface area contributed by atoms with E-state index in [-0.39, 0.29) is 4.90 Å². The van der Waals surface area contributed by atoms with Crippen molar-refractivity contribution >= 4 is 21.4 Å². The monoisotopic (exact) mass is 465 g/mol. The average Bonchev–Trinajstić information content (AvgIpc) is 2.86. The average molecular weight is 466 g/mol. The Morgan fingerprint density at radius 2 is 1.58 bits per heavy atom. The van der Waals surface area contributed by atoms with Gasteiger partial charge in [-0.2, -0.15) is 0 Å². The number of piperidine rings is 1. The van der Waals surface area contributed by atoms with Gasteiger partial charge in [-0.25, -0.2) is 8.42 Å². The van der Waals surface area contributed by atoms with Crippen LogP contribution in [0.5, 0.6) is 5.75 Å². The van der Waals surface area contributed by atoms with Gasteiger partial charge in [0.25, 0.3) is 10.0 Å². The number of rotatable bonds is 9. The number of anilines is 2. The van der Waals surface area contributed by atoms with Crippen molar-refractivity contribution in [3.63, 3.8) is 0 Å². The number of nitrogens with one attached hydrogen (secondary N) is 2. The molecule has 0 atom stereocenters. The van der Waals surface area contributed by atoms with Crippen molar-refractivity contribution in [3.8, 4) is 5.75 Å². The van der Waals surface area contributed by atoms with E-state index in [1.807, 2.05) is 42.5 Å². The maximum Gasteiger partial charge on any atom is 0.261 e. The molecule has 3 aromatic carbocycles. The summed E-state index contributed by atoms with van der Waals surface area (Å²) in [4.78, 5) is 2.61. The summed E-state index contributed by atoms with van der Waals surface area (Å²) in [5, 5.41) is 3.68. The van der Waals surface area contributed by atoms with Gasteiger partial charge in [-0.3, -0.25) is 4.72 Å². The highest BCUT2D eigenvalue weighted by molar-refractivity contribution is 7.92. The molecule has 1 heterocycles. The molecule has 1 saturated heterocycles. The smallest absolute Gasteiger partial charge is 0.261 e. The van der Waals surface area contributed by atoms with E-state index in [4.69, 9.17) is 4.74 Å². The third-order valence-electron chi connectivity index (χ3n) is 6.05. The van der Waals surface area contributed by atoms with Crippen molar-refractivity contribution in [3.05, 3.63) is 84.4 Å². The molecule has 3 aromatic rings. The lowest BCUT2D eigenvalue weighted by atomic mass is 10.0. The van der Waals surface area contributed by atoms with Crippen LogP contribution in [0.4, 0.5) is 11.4 Å². The standard InChI is InChI=1S/C26H31N3O3S/c1-32-26-10-6-5-7-21(26)15-18-27-22-16-19-29(20-17-22)24-13-11-23(12-14-24)28-33(30,31)25-8-3-2-4-9-25/h2-14,22,27-28H,15-20H2,1H3. The van der Waals surface area contributed by atoms with Crippen LogP contribution in [0.1, 0.15) is 18.4 Å². The molecule has 33 heavy (non-hydrogen) atoms. The van der Waals surface area contributed by atoms with Crippen molar-refractivity contribution in [2.45, 2.75) is 30.2 Å². The van der Waals surface area contributed by atoms with Gasteiger partial charge in [-0.05, 0) is 73.8 Å². The summed E-state index contributed by atoms with van der Waals surface area (Å²) in [5.74, 6) is 0.948. The number of sulfonamides is 1. The van der Waals surface area contributed by atoms with E-state index >= 15 is 0 Å². The maximum absolute atomic E-state index is 12.5. The van der Waals surface area contributed by atoms with Crippen LogP contribution >= 0.6 is 0 Å². The predicted octanol–water partition coefficient (Wildman–Crippen LogP) is 4.30. The highest BCUT2D eigenvalue weighted by atomic mass is 32.2. The molecule has 0 bridgehead atoms. The molecule has 1 aliphatic heterocycles. The molecule has 0 aliphatic carbocycles. The van der Waals surface area contributed by atoms with E-state index in [0.29, 0.717) is 11.7 Å². The van der Waals surface area contributed by atoms with E-state index in [9.17, 15) is 8.42 Å². The first-order valence-electron chi connectivity index (χ1n) is 11.3. The Hall–Kier alpha value is -3.03. The lowest BCUT2D eigenvalue weighted by molar-refractivity contribution is 0.401.